The van der Waals surface area contributed by atoms with Crippen LogP contribution in [0.4, 0.5) is 18.9 Å². The number of hydrogen-bond donors (Lipinski definition) is 2. The number of halogens is 3. The summed E-state index contributed by atoms with van der Waals surface area (Å²) in [6.45, 7) is 6.07. The van der Waals surface area contributed by atoms with Gasteiger partial charge < -0.3 is 15.2 Å². The lowest BCUT2D eigenvalue weighted by molar-refractivity contribution is -0.274. The second-order valence-corrected chi connectivity index (χ2v) is 7.25. The molecule has 4 nitrogen and oxygen atoms in total. The first kappa shape index (κ1) is 18.3. The molecule has 3 rings (SSSR count). The molecule has 1 amide bonds. The van der Waals surface area contributed by atoms with Crippen LogP contribution in [0.1, 0.15) is 37.5 Å². The van der Waals surface area contributed by atoms with E-state index in [1.807, 2.05) is 20.8 Å². The molecule has 0 spiro atoms. The molecule has 0 fully saturated rings. The van der Waals surface area contributed by atoms with Crippen molar-refractivity contribution in [2.75, 3.05) is 5.32 Å². The van der Waals surface area contributed by atoms with Crippen molar-refractivity contribution in [1.82, 2.24) is 0 Å². The minimum absolute atomic E-state index is 0.0211. The first-order chi connectivity index (χ1) is 11.9. The Balaban J connectivity index is 2.05. The van der Waals surface area contributed by atoms with E-state index >= 15 is 0 Å². The lowest BCUT2D eigenvalue weighted by atomic mass is 9.83. The number of carbonyl (C=O) groups is 1. The maximum absolute atomic E-state index is 12.5. The largest absolute Gasteiger partial charge is 0.573 e. The Kier molecular flexibility index (Phi) is 4.03. The molecule has 0 radical (unpaired) electrons. The zero-order chi connectivity index (χ0) is 19.3. The summed E-state index contributed by atoms with van der Waals surface area (Å²) < 4.78 is 41.3. The van der Waals surface area contributed by atoms with Gasteiger partial charge in [0.2, 0.25) is 0 Å². The van der Waals surface area contributed by atoms with Gasteiger partial charge in [0.25, 0.3) is 5.91 Å². The maximum atomic E-state index is 12.5. The van der Waals surface area contributed by atoms with Crippen molar-refractivity contribution in [3.63, 3.8) is 0 Å². The Morgan fingerprint density at radius 2 is 1.65 bits per heavy atom. The molecule has 0 bridgehead atoms. The average molecular weight is 365 g/mol. The highest BCUT2D eigenvalue weighted by molar-refractivity contribution is 6.07. The van der Waals surface area contributed by atoms with Crippen LogP contribution in [0, 0.1) is 0 Å². The van der Waals surface area contributed by atoms with Gasteiger partial charge in [0.05, 0.1) is 0 Å². The third-order valence-corrected chi connectivity index (χ3v) is 4.36. The minimum Gasteiger partial charge on any atom is -0.406 e. The molecule has 0 aromatic heterocycles. The van der Waals surface area contributed by atoms with E-state index in [-0.39, 0.29) is 22.2 Å². The monoisotopic (exact) mass is 365 g/mol. The highest BCUT2D eigenvalue weighted by Crippen LogP contribution is 2.43. The molecule has 1 aliphatic heterocycles. The van der Waals surface area contributed by atoms with Crippen molar-refractivity contribution in [2.45, 2.75) is 38.1 Å². The van der Waals surface area contributed by atoms with Crippen LogP contribution in [-0.4, -0.2) is 17.4 Å². The molecule has 26 heavy (non-hydrogen) atoms. The van der Waals surface area contributed by atoms with Gasteiger partial charge in [-0.2, -0.15) is 0 Å². The maximum Gasteiger partial charge on any atom is 0.573 e. The van der Waals surface area contributed by atoms with Gasteiger partial charge in [-0.15, -0.1) is 13.2 Å². The second-order valence-electron chi connectivity index (χ2n) is 7.25. The molecule has 7 heteroatoms. The van der Waals surface area contributed by atoms with Crippen LogP contribution in [0.3, 0.4) is 0 Å². The number of hydrogen-bond acceptors (Lipinski definition) is 3. The average Bonchev–Trinajstić information content (AvgIpc) is 2.77. The van der Waals surface area contributed by atoms with Crippen LogP contribution in [-0.2, 0) is 15.8 Å². The summed E-state index contributed by atoms with van der Waals surface area (Å²) >= 11 is 0. The number of amides is 1. The van der Waals surface area contributed by atoms with E-state index in [0.29, 0.717) is 0 Å². The van der Waals surface area contributed by atoms with E-state index in [2.05, 4.69) is 10.1 Å². The van der Waals surface area contributed by atoms with E-state index in [0.717, 1.165) is 17.7 Å². The molecular formula is C19H18F3NO3. The molecule has 0 unspecified atom stereocenters. The summed E-state index contributed by atoms with van der Waals surface area (Å²) in [7, 11) is 0. The summed E-state index contributed by atoms with van der Waals surface area (Å²) in [5.41, 5.74) is -0.676. The first-order valence-electron chi connectivity index (χ1n) is 7.96. The number of anilines is 1. The number of benzene rings is 2. The Bertz CT molecular complexity index is 854. The highest BCUT2D eigenvalue weighted by Gasteiger charge is 2.47. The van der Waals surface area contributed by atoms with Gasteiger partial charge in [-0.25, -0.2) is 0 Å². The fraction of sp³-hybridized carbons (Fsp3) is 0.316. The number of ether oxygens (including phenoxy) is 1. The number of rotatable bonds is 2. The van der Waals surface area contributed by atoms with E-state index in [9.17, 15) is 23.1 Å². The van der Waals surface area contributed by atoms with Crippen LogP contribution in [0.5, 0.6) is 5.75 Å². The second kappa shape index (κ2) is 5.74. The van der Waals surface area contributed by atoms with Crippen LogP contribution in [0.15, 0.2) is 42.5 Å². The number of carbonyl (C=O) groups excluding carboxylic acids is 1. The van der Waals surface area contributed by atoms with E-state index in [1.165, 1.54) is 6.07 Å². The van der Waals surface area contributed by atoms with Gasteiger partial charge in [0.15, 0.2) is 5.60 Å². The lowest BCUT2D eigenvalue weighted by Gasteiger charge is -2.24. The van der Waals surface area contributed by atoms with Crippen LogP contribution < -0.4 is 10.1 Å². The zero-order valence-electron chi connectivity index (χ0n) is 14.4. The molecule has 1 aliphatic rings. The predicted octanol–water partition coefficient (Wildman–Crippen LogP) is 4.07. The molecule has 2 N–H and O–H groups in total. The van der Waals surface area contributed by atoms with Crippen molar-refractivity contribution in [3.05, 3.63) is 59.2 Å². The quantitative estimate of drug-likeness (QED) is 0.843. The summed E-state index contributed by atoms with van der Waals surface area (Å²) in [5.74, 6) is -1.22. The van der Waals surface area contributed by atoms with Gasteiger partial charge in [-0.05, 0) is 34.7 Å². The van der Waals surface area contributed by atoms with Crippen LogP contribution in [0.2, 0.25) is 0 Å². The lowest BCUT2D eigenvalue weighted by Crippen LogP contribution is -2.35. The molecular weight excluding hydrogens is 347 g/mol. The predicted molar refractivity (Wildman–Crippen MR) is 89.9 cm³/mol. The van der Waals surface area contributed by atoms with Crippen molar-refractivity contribution in [3.8, 4) is 5.75 Å². The summed E-state index contributed by atoms with van der Waals surface area (Å²) in [6.07, 6.45) is -4.86. The fourth-order valence-corrected chi connectivity index (χ4v) is 2.96. The molecule has 2 aromatic rings. The SMILES string of the molecule is CC(C)(C)c1ccc([C@@]2(O)C(=O)Nc3ccc(OC(F)(F)F)cc32)cc1. The molecule has 0 saturated heterocycles. The number of fused-ring (bicyclic) bond motifs is 1. The normalized spacial score (nSPS) is 19.9. The molecule has 1 heterocycles. The molecule has 0 saturated carbocycles. The molecule has 138 valence electrons. The van der Waals surface area contributed by atoms with Crippen LogP contribution in [0.25, 0.3) is 0 Å². The molecule has 0 aliphatic carbocycles. The van der Waals surface area contributed by atoms with Crippen LogP contribution >= 0.6 is 0 Å². The smallest absolute Gasteiger partial charge is 0.406 e. The fourth-order valence-electron chi connectivity index (χ4n) is 2.96. The molecule has 2 aromatic carbocycles. The summed E-state index contributed by atoms with van der Waals surface area (Å²) in [4.78, 5) is 12.4. The Morgan fingerprint density at radius 1 is 1.04 bits per heavy atom. The standard InChI is InChI=1S/C19H18F3NO3/c1-17(2,3)11-4-6-12(7-5-11)18(25)14-10-13(26-19(20,21)22)8-9-15(14)23-16(18)24/h4-10,25H,1-3H3,(H,23,24)/t18-/m0/s1. The number of aliphatic hydroxyl groups is 1. The van der Waals surface area contributed by atoms with Gasteiger partial charge in [-0.1, -0.05) is 45.0 Å². The number of alkyl halides is 3. The van der Waals surface area contributed by atoms with Gasteiger partial charge in [-0.3, -0.25) is 4.79 Å². The van der Waals surface area contributed by atoms with Crippen molar-refractivity contribution < 1.29 is 27.8 Å². The molecule has 1 atom stereocenters. The van der Waals surface area contributed by atoms with Gasteiger partial charge in [0.1, 0.15) is 5.75 Å². The van der Waals surface area contributed by atoms with Crippen molar-refractivity contribution in [2.24, 2.45) is 0 Å². The summed E-state index contributed by atoms with van der Waals surface area (Å²) in [5, 5.41) is 13.5. The van der Waals surface area contributed by atoms with Crippen molar-refractivity contribution >= 4 is 11.6 Å². The third kappa shape index (κ3) is 3.14. The van der Waals surface area contributed by atoms with E-state index in [1.54, 1.807) is 24.3 Å². The number of nitrogens with one attached hydrogen (secondary N) is 1. The third-order valence-electron chi connectivity index (χ3n) is 4.36. The first-order valence-corrected chi connectivity index (χ1v) is 7.96. The van der Waals surface area contributed by atoms with E-state index in [4.69, 9.17) is 0 Å². The summed E-state index contributed by atoms with van der Waals surface area (Å²) in [6, 6.07) is 10.2. The van der Waals surface area contributed by atoms with Gasteiger partial charge in [0, 0.05) is 11.3 Å². The Labute approximate surface area is 148 Å². The minimum atomic E-state index is -4.86. The van der Waals surface area contributed by atoms with E-state index < -0.39 is 23.6 Å². The topological polar surface area (TPSA) is 58.6 Å². The van der Waals surface area contributed by atoms with Crippen molar-refractivity contribution in [1.29, 1.82) is 0 Å². The zero-order valence-corrected chi connectivity index (χ0v) is 14.4. The Morgan fingerprint density at radius 3 is 2.19 bits per heavy atom. The Hall–Kier alpha value is -2.54. The highest BCUT2D eigenvalue weighted by atomic mass is 19.4. The van der Waals surface area contributed by atoms with Gasteiger partial charge >= 0.3 is 6.36 Å².